The van der Waals surface area contributed by atoms with E-state index in [4.69, 9.17) is 9.47 Å². The number of allylic oxidation sites excluding steroid dienone is 2. The molecule has 3 rings (SSSR count). The Morgan fingerprint density at radius 1 is 1.37 bits per heavy atom. The van der Waals surface area contributed by atoms with Crippen LogP contribution in [0.25, 0.3) is 0 Å². The summed E-state index contributed by atoms with van der Waals surface area (Å²) in [7, 11) is 1.54. The molecule has 1 fully saturated rings. The molecule has 146 valence electrons. The lowest BCUT2D eigenvalue weighted by molar-refractivity contribution is -0.124. The summed E-state index contributed by atoms with van der Waals surface area (Å²) in [5, 5.41) is 2.63. The number of ether oxygens (including phenoxy) is 2. The van der Waals surface area contributed by atoms with Crippen molar-refractivity contribution in [3.8, 4) is 0 Å². The number of rotatable bonds is 6. The van der Waals surface area contributed by atoms with E-state index in [-0.39, 0.29) is 48.0 Å². The zero-order valence-electron chi connectivity index (χ0n) is 15.9. The van der Waals surface area contributed by atoms with Crippen LogP contribution in [0.4, 0.5) is 14.5 Å². The van der Waals surface area contributed by atoms with Crippen LogP contribution in [-0.4, -0.2) is 25.2 Å². The van der Waals surface area contributed by atoms with Crippen molar-refractivity contribution in [2.75, 3.05) is 19.2 Å². The Labute approximate surface area is 158 Å². The van der Waals surface area contributed by atoms with Gasteiger partial charge in [0.15, 0.2) is 12.6 Å². The zero-order valence-corrected chi connectivity index (χ0v) is 15.9. The fourth-order valence-electron chi connectivity index (χ4n) is 4.00. The smallest absolute Gasteiger partial charge is 0.189 e. The molecule has 6 heteroatoms. The second kappa shape index (κ2) is 7.43. The fraction of sp³-hybridized carbons (Fsp3) is 0.476. The summed E-state index contributed by atoms with van der Waals surface area (Å²) < 4.78 is 40.1. The van der Waals surface area contributed by atoms with Gasteiger partial charge in [-0.2, -0.15) is 0 Å². The fourth-order valence-corrected chi connectivity index (χ4v) is 4.00. The highest BCUT2D eigenvalue weighted by atomic mass is 19.1. The molecular weight excluding hydrogens is 352 g/mol. The molecule has 1 aliphatic heterocycles. The van der Waals surface area contributed by atoms with Crippen LogP contribution in [0.5, 0.6) is 0 Å². The Morgan fingerprint density at radius 3 is 2.78 bits per heavy atom. The first-order valence-corrected chi connectivity index (χ1v) is 9.13. The molecule has 1 aromatic carbocycles. The first-order chi connectivity index (χ1) is 12.8. The molecule has 2 aliphatic rings. The molecule has 0 saturated carbocycles. The van der Waals surface area contributed by atoms with Crippen LogP contribution < -0.4 is 5.32 Å². The Bertz CT molecular complexity index is 792. The number of fused-ring (bicyclic) bond motifs is 1. The summed E-state index contributed by atoms with van der Waals surface area (Å²) in [6, 6.07) is 2.37. The summed E-state index contributed by atoms with van der Waals surface area (Å²) in [6.07, 6.45) is 3.95. The highest BCUT2D eigenvalue weighted by molar-refractivity contribution is 5.94. The van der Waals surface area contributed by atoms with Crippen molar-refractivity contribution in [3.05, 3.63) is 53.8 Å². The molecule has 0 bridgehead atoms. The van der Waals surface area contributed by atoms with E-state index in [9.17, 15) is 13.6 Å². The van der Waals surface area contributed by atoms with Crippen molar-refractivity contribution in [3.63, 3.8) is 0 Å². The average Bonchev–Trinajstić information content (AvgIpc) is 3.06. The van der Waals surface area contributed by atoms with E-state index >= 15 is 0 Å². The van der Waals surface area contributed by atoms with Crippen LogP contribution >= 0.6 is 0 Å². The molecule has 1 saturated heterocycles. The molecule has 0 amide bonds. The van der Waals surface area contributed by atoms with Crippen molar-refractivity contribution in [2.24, 2.45) is 17.8 Å². The standard InChI is InChI=1S/C21H25F2NO3/c1-5-12(2)15-10-21(20(9-19(15)25)26-11-27-21)13(3)6-14-7-17(23)18(24-4)8-16(14)22/h5,7-9,12-13,15,24H,1,6,10-11H2,2-4H3/t12-,13+,15+,21+/m0/s1. The van der Waals surface area contributed by atoms with Gasteiger partial charge in [-0.25, -0.2) is 8.78 Å². The van der Waals surface area contributed by atoms with Crippen LogP contribution in [0.1, 0.15) is 25.8 Å². The van der Waals surface area contributed by atoms with Gasteiger partial charge >= 0.3 is 0 Å². The summed E-state index contributed by atoms with van der Waals surface area (Å²) in [5.41, 5.74) is -0.430. The third-order valence-corrected chi connectivity index (χ3v) is 5.84. The number of hydrogen-bond donors (Lipinski definition) is 1. The number of carbonyl (C=O) groups excluding carboxylic acids is 1. The van der Waals surface area contributed by atoms with Crippen molar-refractivity contribution >= 4 is 11.5 Å². The van der Waals surface area contributed by atoms with Gasteiger partial charge in [-0.3, -0.25) is 4.79 Å². The second-order valence-electron chi connectivity index (χ2n) is 7.39. The SMILES string of the molecule is C=C[C@H](C)[C@H]1C[C@]2([C@H](C)Cc3cc(F)c(NC)cc3F)OCOC2=CC1=O. The Kier molecular flexibility index (Phi) is 5.38. The monoisotopic (exact) mass is 377 g/mol. The maximum atomic E-state index is 14.4. The molecular formula is C21H25F2NO3. The molecule has 0 spiro atoms. The van der Waals surface area contributed by atoms with E-state index in [2.05, 4.69) is 11.9 Å². The van der Waals surface area contributed by atoms with E-state index in [1.54, 1.807) is 13.1 Å². The van der Waals surface area contributed by atoms with Gasteiger partial charge in [-0.05, 0) is 36.3 Å². The number of anilines is 1. The molecule has 1 N–H and O–H groups in total. The molecule has 0 radical (unpaired) electrons. The maximum absolute atomic E-state index is 14.4. The predicted octanol–water partition coefficient (Wildman–Crippen LogP) is 4.22. The predicted molar refractivity (Wildman–Crippen MR) is 99.1 cm³/mol. The van der Waals surface area contributed by atoms with Gasteiger partial charge in [0.2, 0.25) is 0 Å². The number of carbonyl (C=O) groups is 1. The van der Waals surface area contributed by atoms with Crippen LogP contribution in [0, 0.1) is 29.4 Å². The first kappa shape index (κ1) is 19.5. The van der Waals surface area contributed by atoms with Crippen LogP contribution in [0.2, 0.25) is 0 Å². The number of halogens is 2. The molecule has 0 unspecified atom stereocenters. The minimum atomic E-state index is -0.819. The summed E-state index contributed by atoms with van der Waals surface area (Å²) >= 11 is 0. The molecule has 4 nitrogen and oxygen atoms in total. The largest absolute Gasteiger partial charge is 0.469 e. The highest BCUT2D eigenvalue weighted by Gasteiger charge is 2.52. The lowest BCUT2D eigenvalue weighted by Gasteiger charge is -2.39. The van der Waals surface area contributed by atoms with Crippen LogP contribution in [0.15, 0.2) is 36.6 Å². The Morgan fingerprint density at radius 2 is 2.11 bits per heavy atom. The molecule has 0 aromatic heterocycles. The number of benzene rings is 1. The van der Waals surface area contributed by atoms with E-state index < -0.39 is 17.2 Å². The van der Waals surface area contributed by atoms with Gasteiger partial charge in [0.1, 0.15) is 23.0 Å². The van der Waals surface area contributed by atoms with E-state index in [0.29, 0.717) is 12.2 Å². The minimum absolute atomic E-state index is 0.0127. The van der Waals surface area contributed by atoms with Gasteiger partial charge in [0.25, 0.3) is 0 Å². The third kappa shape index (κ3) is 3.38. The van der Waals surface area contributed by atoms with Crippen molar-refractivity contribution in [2.45, 2.75) is 32.3 Å². The second-order valence-corrected chi connectivity index (χ2v) is 7.39. The van der Waals surface area contributed by atoms with Crippen molar-refractivity contribution < 1.29 is 23.0 Å². The number of nitrogens with one attached hydrogen (secondary N) is 1. The van der Waals surface area contributed by atoms with E-state index in [1.807, 2.05) is 13.8 Å². The average molecular weight is 377 g/mol. The molecule has 4 atom stereocenters. The molecule has 1 heterocycles. The van der Waals surface area contributed by atoms with E-state index in [1.165, 1.54) is 12.1 Å². The molecule has 27 heavy (non-hydrogen) atoms. The Hall–Kier alpha value is -2.21. The van der Waals surface area contributed by atoms with Crippen molar-refractivity contribution in [1.82, 2.24) is 0 Å². The molecule has 1 aromatic rings. The van der Waals surface area contributed by atoms with Gasteiger partial charge < -0.3 is 14.8 Å². The summed E-state index contributed by atoms with van der Waals surface area (Å²) in [6.45, 7) is 7.69. The quantitative estimate of drug-likeness (QED) is 0.754. The lowest BCUT2D eigenvalue weighted by atomic mass is 9.69. The minimum Gasteiger partial charge on any atom is -0.469 e. The van der Waals surface area contributed by atoms with Gasteiger partial charge in [0, 0.05) is 25.1 Å². The van der Waals surface area contributed by atoms with Crippen LogP contribution in [0.3, 0.4) is 0 Å². The van der Waals surface area contributed by atoms with Gasteiger partial charge in [0.05, 0.1) is 5.69 Å². The van der Waals surface area contributed by atoms with Gasteiger partial charge in [-0.1, -0.05) is 19.9 Å². The number of hydrogen-bond acceptors (Lipinski definition) is 4. The normalized spacial score (nSPS) is 26.6. The first-order valence-electron chi connectivity index (χ1n) is 9.13. The summed E-state index contributed by atoms with van der Waals surface area (Å²) in [4.78, 5) is 12.5. The van der Waals surface area contributed by atoms with E-state index in [0.717, 1.165) is 6.07 Å². The highest BCUT2D eigenvalue weighted by Crippen LogP contribution is 2.47. The summed E-state index contributed by atoms with van der Waals surface area (Å²) in [5.74, 6) is -1.02. The molecule has 1 aliphatic carbocycles. The third-order valence-electron chi connectivity index (χ3n) is 5.84. The topological polar surface area (TPSA) is 47.6 Å². The maximum Gasteiger partial charge on any atom is 0.189 e. The Balaban J connectivity index is 1.91. The number of ketones is 1. The lowest BCUT2D eigenvalue weighted by Crippen LogP contribution is -2.46. The zero-order chi connectivity index (χ0) is 19.8. The van der Waals surface area contributed by atoms with Crippen LogP contribution in [-0.2, 0) is 20.7 Å². The van der Waals surface area contributed by atoms with Gasteiger partial charge in [-0.15, -0.1) is 6.58 Å². The van der Waals surface area contributed by atoms with Crippen molar-refractivity contribution in [1.29, 1.82) is 0 Å².